The van der Waals surface area contributed by atoms with Crippen molar-refractivity contribution >= 4 is 62.7 Å². The van der Waals surface area contributed by atoms with Crippen molar-refractivity contribution in [3.63, 3.8) is 0 Å². The molecule has 0 aliphatic heterocycles. The predicted molar refractivity (Wildman–Crippen MR) is 108 cm³/mol. The number of hydrogen-bond acceptors (Lipinski definition) is 7. The van der Waals surface area contributed by atoms with E-state index < -0.39 is 5.97 Å². The monoisotopic (exact) mass is 424 g/mol. The molecule has 0 spiro atoms. The fourth-order valence-electron chi connectivity index (χ4n) is 2.40. The number of amides is 1. The van der Waals surface area contributed by atoms with Crippen molar-refractivity contribution in [1.29, 1.82) is 0 Å². The van der Waals surface area contributed by atoms with Crippen molar-refractivity contribution in [3.8, 4) is 0 Å². The number of carbonyl (C=O) groups is 2. The number of carbonyl (C=O) groups excluding carboxylic acids is 2. The first-order valence-corrected chi connectivity index (χ1v) is 10.3. The van der Waals surface area contributed by atoms with E-state index in [1.54, 1.807) is 25.1 Å². The smallest absolute Gasteiger partial charge is 0.341 e. The number of nitrogens with one attached hydrogen (secondary N) is 1. The molecule has 1 N–H and O–H groups in total. The summed E-state index contributed by atoms with van der Waals surface area (Å²) in [4.78, 5) is 29.8. The molecule has 0 aliphatic carbocycles. The van der Waals surface area contributed by atoms with Crippen LogP contribution < -0.4 is 5.32 Å². The molecule has 6 nitrogen and oxygen atoms in total. The summed E-state index contributed by atoms with van der Waals surface area (Å²) in [5.41, 5.74) is 2.47. The summed E-state index contributed by atoms with van der Waals surface area (Å²) in [6.45, 7) is 5.76. The number of ether oxygens (including phenoxy) is 1. The first kappa shape index (κ1) is 19.7. The molecule has 0 fully saturated rings. The highest BCUT2D eigenvalue weighted by Crippen LogP contribution is 2.33. The van der Waals surface area contributed by atoms with Gasteiger partial charge >= 0.3 is 5.97 Å². The summed E-state index contributed by atoms with van der Waals surface area (Å²) in [6.07, 6.45) is 0. The Morgan fingerprint density at radius 2 is 2.15 bits per heavy atom. The molecule has 3 rings (SSSR count). The van der Waals surface area contributed by atoms with Gasteiger partial charge < -0.3 is 14.5 Å². The number of anilines is 1. The van der Waals surface area contributed by atoms with Gasteiger partial charge in [-0.1, -0.05) is 23.4 Å². The van der Waals surface area contributed by atoms with Gasteiger partial charge in [0.15, 0.2) is 5.58 Å². The summed E-state index contributed by atoms with van der Waals surface area (Å²) in [7, 11) is 0. The summed E-state index contributed by atoms with van der Waals surface area (Å²) in [6, 6.07) is 5.15. The third kappa shape index (κ3) is 4.45. The van der Waals surface area contributed by atoms with E-state index in [0.717, 1.165) is 10.4 Å². The van der Waals surface area contributed by atoms with Gasteiger partial charge in [-0.3, -0.25) is 4.79 Å². The lowest BCUT2D eigenvalue weighted by molar-refractivity contribution is -0.113. The number of halogens is 1. The molecular formula is C18H17ClN2O4S2. The number of oxazole rings is 1. The van der Waals surface area contributed by atoms with Gasteiger partial charge in [-0.15, -0.1) is 11.3 Å². The predicted octanol–water partition coefficient (Wildman–Crippen LogP) is 5.07. The van der Waals surface area contributed by atoms with Gasteiger partial charge in [-0.25, -0.2) is 9.78 Å². The largest absolute Gasteiger partial charge is 0.462 e. The Balaban J connectivity index is 1.68. The van der Waals surface area contributed by atoms with Crippen molar-refractivity contribution in [3.05, 3.63) is 39.2 Å². The van der Waals surface area contributed by atoms with Crippen molar-refractivity contribution < 1.29 is 18.7 Å². The van der Waals surface area contributed by atoms with Crippen LogP contribution in [0.15, 0.2) is 27.8 Å². The van der Waals surface area contributed by atoms with Gasteiger partial charge in [0.25, 0.3) is 5.22 Å². The molecule has 2 heterocycles. The molecule has 2 aromatic heterocycles. The zero-order chi connectivity index (χ0) is 19.6. The Bertz CT molecular complexity index is 1010. The van der Waals surface area contributed by atoms with Crippen molar-refractivity contribution in [2.45, 2.75) is 26.0 Å². The first-order chi connectivity index (χ1) is 12.9. The number of thioether (sulfide) groups is 1. The third-order valence-corrected chi connectivity index (χ3v) is 5.96. The standard InChI is InChI=1S/C18H17ClN2O4S2/c1-4-24-17(23)15-9(2)10(3)27-16(15)21-14(22)8-26-18-20-12-7-11(19)5-6-13(12)25-18/h5-7H,4,8H2,1-3H3,(H,21,22). The normalized spacial score (nSPS) is 11.0. The van der Waals surface area contributed by atoms with Crippen LogP contribution in [-0.4, -0.2) is 29.2 Å². The van der Waals surface area contributed by atoms with E-state index in [1.165, 1.54) is 23.1 Å². The third-order valence-electron chi connectivity index (χ3n) is 3.77. The molecule has 0 aliphatic rings. The van der Waals surface area contributed by atoms with Crippen LogP contribution in [0.4, 0.5) is 5.00 Å². The van der Waals surface area contributed by atoms with Crippen LogP contribution in [-0.2, 0) is 9.53 Å². The van der Waals surface area contributed by atoms with Crippen LogP contribution >= 0.6 is 34.7 Å². The van der Waals surface area contributed by atoms with Crippen LogP contribution in [0, 0.1) is 13.8 Å². The Morgan fingerprint density at radius 1 is 1.37 bits per heavy atom. The van der Waals surface area contributed by atoms with E-state index in [2.05, 4.69) is 10.3 Å². The van der Waals surface area contributed by atoms with E-state index >= 15 is 0 Å². The fraction of sp³-hybridized carbons (Fsp3) is 0.278. The van der Waals surface area contributed by atoms with Crippen LogP contribution in [0.3, 0.4) is 0 Å². The molecule has 0 saturated carbocycles. The minimum Gasteiger partial charge on any atom is -0.462 e. The number of hydrogen-bond donors (Lipinski definition) is 1. The zero-order valence-electron chi connectivity index (χ0n) is 14.9. The number of esters is 1. The number of rotatable bonds is 6. The lowest BCUT2D eigenvalue weighted by Crippen LogP contribution is -2.16. The van der Waals surface area contributed by atoms with Gasteiger partial charge in [-0.2, -0.15) is 0 Å². The quantitative estimate of drug-likeness (QED) is 0.439. The lowest BCUT2D eigenvalue weighted by Gasteiger charge is -2.06. The van der Waals surface area contributed by atoms with Gasteiger partial charge in [-0.05, 0) is 44.5 Å². The Hall–Kier alpha value is -2.03. The molecule has 0 saturated heterocycles. The molecule has 27 heavy (non-hydrogen) atoms. The summed E-state index contributed by atoms with van der Waals surface area (Å²) in [5.74, 6) is -0.594. The topological polar surface area (TPSA) is 81.4 Å². The van der Waals surface area contributed by atoms with Crippen LogP contribution in [0.25, 0.3) is 11.1 Å². The highest BCUT2D eigenvalue weighted by molar-refractivity contribution is 7.99. The fourth-order valence-corrected chi connectivity index (χ4v) is 4.26. The SMILES string of the molecule is CCOC(=O)c1c(NC(=O)CSc2nc3cc(Cl)ccc3o2)sc(C)c1C. The summed E-state index contributed by atoms with van der Waals surface area (Å²) in [5, 5.41) is 4.24. The second kappa shape index (κ2) is 8.33. The zero-order valence-corrected chi connectivity index (χ0v) is 17.3. The van der Waals surface area contributed by atoms with Crippen LogP contribution in [0.1, 0.15) is 27.7 Å². The number of nitrogens with zero attached hydrogens (tertiary/aromatic N) is 1. The van der Waals surface area contributed by atoms with Crippen LogP contribution in [0.5, 0.6) is 0 Å². The van der Waals surface area contributed by atoms with E-state index in [9.17, 15) is 9.59 Å². The molecule has 0 radical (unpaired) electrons. The summed E-state index contributed by atoms with van der Waals surface area (Å²) < 4.78 is 10.7. The Morgan fingerprint density at radius 3 is 2.89 bits per heavy atom. The van der Waals surface area contributed by atoms with Crippen LogP contribution in [0.2, 0.25) is 5.02 Å². The molecule has 9 heteroatoms. The maximum atomic E-state index is 12.3. The lowest BCUT2D eigenvalue weighted by atomic mass is 10.1. The minimum absolute atomic E-state index is 0.0960. The van der Waals surface area contributed by atoms with Crippen molar-refractivity contribution in [2.75, 3.05) is 17.7 Å². The second-order valence-electron chi connectivity index (χ2n) is 5.64. The van der Waals surface area contributed by atoms with Gasteiger partial charge in [0.1, 0.15) is 10.5 Å². The number of aryl methyl sites for hydroxylation is 1. The van der Waals surface area contributed by atoms with Crippen molar-refractivity contribution in [2.24, 2.45) is 0 Å². The second-order valence-corrected chi connectivity index (χ2v) is 8.22. The average Bonchev–Trinajstić information content (AvgIpc) is 3.13. The highest BCUT2D eigenvalue weighted by Gasteiger charge is 2.22. The molecule has 142 valence electrons. The van der Waals surface area contributed by atoms with E-state index in [4.69, 9.17) is 20.8 Å². The molecule has 3 aromatic rings. The molecule has 0 unspecified atom stereocenters. The number of aromatic nitrogens is 1. The first-order valence-electron chi connectivity index (χ1n) is 8.15. The van der Waals surface area contributed by atoms with Gasteiger partial charge in [0.05, 0.1) is 17.9 Å². The van der Waals surface area contributed by atoms with Gasteiger partial charge in [0.2, 0.25) is 5.91 Å². The highest BCUT2D eigenvalue weighted by atomic mass is 35.5. The van der Waals surface area contributed by atoms with E-state index in [-0.39, 0.29) is 18.3 Å². The molecule has 1 amide bonds. The molecular weight excluding hydrogens is 408 g/mol. The van der Waals surface area contributed by atoms with Gasteiger partial charge in [0, 0.05) is 9.90 Å². The molecule has 0 bridgehead atoms. The number of thiophene rings is 1. The van der Waals surface area contributed by atoms with E-state index in [1.807, 2.05) is 13.8 Å². The number of fused-ring (bicyclic) bond motifs is 1. The maximum Gasteiger partial charge on any atom is 0.341 e. The summed E-state index contributed by atoms with van der Waals surface area (Å²) >= 11 is 8.46. The Kier molecular flexibility index (Phi) is 6.08. The van der Waals surface area contributed by atoms with Crippen molar-refractivity contribution in [1.82, 2.24) is 4.98 Å². The molecule has 1 aromatic carbocycles. The average molecular weight is 425 g/mol. The number of benzene rings is 1. The maximum absolute atomic E-state index is 12.3. The Labute approximate surface area is 169 Å². The van der Waals surface area contributed by atoms with E-state index in [0.29, 0.717) is 31.9 Å². The molecule has 0 atom stereocenters. The minimum atomic E-state index is -0.432.